The number of benzene rings is 2. The molecule has 8 fully saturated rings. The van der Waals surface area contributed by atoms with Crippen LogP contribution < -0.4 is 41.3 Å². The van der Waals surface area contributed by atoms with Gasteiger partial charge in [-0.15, -0.1) is 0 Å². The fourth-order valence-corrected chi connectivity index (χ4v) is 21.6. The fraction of sp³-hybridized carbons (Fsp3) is 0.593. The largest absolute Gasteiger partial charge is 0.480 e. The lowest BCUT2D eigenvalue weighted by Crippen LogP contribution is -2.60. The zero-order valence-corrected chi connectivity index (χ0v) is 75.8. The zero-order valence-electron chi connectivity index (χ0n) is 74.1. The first-order valence-electron chi connectivity index (χ1n) is 45.9. The summed E-state index contributed by atoms with van der Waals surface area (Å²) in [4.78, 5) is 197. The van der Waals surface area contributed by atoms with Gasteiger partial charge in [-0.3, -0.25) is 72.4 Å². The number of amides is 12. The molecule has 6 aliphatic heterocycles. The van der Waals surface area contributed by atoms with Gasteiger partial charge in [0.2, 0.25) is 49.6 Å². The first-order chi connectivity index (χ1) is 63.1. The van der Waals surface area contributed by atoms with E-state index in [1.54, 1.807) is 45.0 Å². The van der Waals surface area contributed by atoms with Crippen LogP contribution in [0.25, 0.3) is 0 Å². The van der Waals surface area contributed by atoms with Gasteiger partial charge in [0, 0.05) is 73.7 Å². The molecule has 2 aromatic heterocycles. The monoisotopic (exact) mass is 1870 g/mol. The van der Waals surface area contributed by atoms with E-state index in [4.69, 9.17) is 14.2 Å². The molecule has 4 aromatic rings. The van der Waals surface area contributed by atoms with Gasteiger partial charge in [-0.25, -0.2) is 54.8 Å². The van der Waals surface area contributed by atoms with Crippen molar-refractivity contribution in [3.05, 3.63) is 143 Å². The van der Waals surface area contributed by atoms with Crippen LogP contribution in [0.2, 0.25) is 0 Å². The van der Waals surface area contributed by atoms with E-state index >= 15 is 0 Å². The average molecular weight is 1870 g/mol. The van der Waals surface area contributed by atoms with Crippen molar-refractivity contribution in [2.45, 2.75) is 302 Å². The number of carboxylic acid groups (broad SMARTS) is 1. The molecule has 0 radical (unpaired) electrons. The third-order valence-electron chi connectivity index (χ3n) is 26.6. The predicted octanol–water partition coefficient (Wildman–Crippen LogP) is 7.29. The van der Waals surface area contributed by atoms with Gasteiger partial charge in [-0.2, -0.15) is 0 Å². The van der Waals surface area contributed by atoms with Crippen LogP contribution in [0.4, 0.5) is 23.2 Å². The molecule has 2 saturated heterocycles. The van der Waals surface area contributed by atoms with Gasteiger partial charge < -0.3 is 61.0 Å². The normalized spacial score (nSPS) is 26.8. The number of nitrogens with one attached hydrogen (secondary N) is 8. The van der Waals surface area contributed by atoms with Crippen LogP contribution in [-0.4, -0.2) is 228 Å². The summed E-state index contributed by atoms with van der Waals surface area (Å²) in [5.74, 6) is -9.08. The molecule has 2 aromatic carbocycles. The topological polar surface area (TPSA) is 499 Å². The Hall–Kier alpha value is -11.7. The van der Waals surface area contributed by atoms with Gasteiger partial charge in [-0.1, -0.05) is 113 Å². The summed E-state index contributed by atoms with van der Waals surface area (Å²) in [6.07, 6.45) is 27.9. The van der Waals surface area contributed by atoms with Crippen molar-refractivity contribution in [2.75, 3.05) is 13.1 Å². The summed E-state index contributed by atoms with van der Waals surface area (Å²) < 4.78 is 102. The van der Waals surface area contributed by atoms with E-state index in [0.717, 1.165) is 64.2 Å². The molecule has 0 bridgehead atoms. The molecule has 41 heteroatoms. The molecule has 8 heterocycles. The van der Waals surface area contributed by atoms with E-state index in [-0.39, 0.29) is 101 Å². The molecule has 16 rings (SSSR count). The van der Waals surface area contributed by atoms with Crippen LogP contribution in [0.3, 0.4) is 0 Å². The van der Waals surface area contributed by atoms with Crippen LogP contribution in [0, 0.1) is 35.3 Å². The molecular formula is C91H116F2N16O21S2. The fourth-order valence-electron chi connectivity index (χ4n) is 18.8. The minimum Gasteiger partial charge on any atom is -0.480 e. The number of hydrogen-bond donors (Lipinski definition) is 9. The van der Waals surface area contributed by atoms with Crippen LogP contribution in [0.5, 0.6) is 0 Å². The summed E-state index contributed by atoms with van der Waals surface area (Å²) in [6, 6.07) is 2.60. The van der Waals surface area contributed by atoms with Crippen molar-refractivity contribution in [3.8, 4) is 0 Å². The summed E-state index contributed by atoms with van der Waals surface area (Å²) in [6.45, 7) is 4.85. The minimum atomic E-state index is -3.97. The molecule has 37 nitrogen and oxygen atoms in total. The van der Waals surface area contributed by atoms with Crippen LogP contribution >= 0.6 is 0 Å². The lowest BCUT2D eigenvalue weighted by molar-refractivity contribution is -0.143. The Balaban J connectivity index is 0.000000179. The number of ether oxygens (including phenoxy) is 3. The molecule has 712 valence electrons. The molecule has 0 spiro atoms. The molecule has 12 aliphatic rings. The number of allylic oxidation sites excluding steroid dienone is 2. The van der Waals surface area contributed by atoms with Gasteiger partial charge in [0.25, 0.3) is 23.6 Å². The van der Waals surface area contributed by atoms with E-state index in [2.05, 4.69) is 61.3 Å². The number of carbonyl (C=O) groups excluding carboxylic acids is 12. The maximum atomic E-state index is 14.9. The maximum Gasteiger partial charge on any atom is 0.410 e. The number of aromatic nitrogens is 4. The SMILES string of the molecule is CC(C)(C)OC(=O)N[C@H]1CCCCC/C=C\[C@@H]2C[C@@]2(C(=O)NS(=O)(=O)C2CC2)NC(=O)C2C[C@@H](OC(=O)N3Cc4cccc(F)c4C3)CN2C1=O.O=C(NC(C(=O)O)C1CCCCC1)c1cnccn1.O=C(N[C@H](C(=O)N[C@H]1CCCCC/C=C\[C@@H]2C[C@@]2(C(=O)NS(=O)(=O)C2CC2)NC(=O)C2C[C@@H](OC(=O)N3Cc4cccc(F)c4C3)CN2C1=O)C1CCCCC1)c1cnccn1. The van der Waals surface area contributed by atoms with E-state index < -0.39 is 197 Å². The summed E-state index contributed by atoms with van der Waals surface area (Å²) in [5, 5.41) is 24.5. The number of sulfonamides is 2. The predicted molar refractivity (Wildman–Crippen MR) is 467 cm³/mol. The van der Waals surface area contributed by atoms with Gasteiger partial charge in [0.15, 0.2) is 0 Å². The van der Waals surface area contributed by atoms with Crippen molar-refractivity contribution in [3.63, 3.8) is 0 Å². The molecule has 6 aliphatic carbocycles. The third-order valence-corrected chi connectivity index (χ3v) is 30.2. The van der Waals surface area contributed by atoms with Crippen molar-refractivity contribution in [2.24, 2.45) is 23.7 Å². The number of fused-ring (bicyclic) bond motifs is 6. The standard InChI is InChI=1S/C43H53FN8O9S.C35H46FN5O9S.C13H17N3O3/c44-32-14-9-12-27-23-51(25-31(27)32)42(58)61-29-20-35-38(54)49-43(41(57)50-62(59,60)30-16-17-30)21-28(43)13-7-2-1-3-8-15-33(40(56)52(35)24-29)47-39(55)36(26-10-5-4-6-11-26)48-37(53)34-22-45-18-19-46-34;1-34(2,3)50-32(45)37-27-13-8-6-4-5-7-11-22-17-35(22,31(44)39-51(47,48)24-14-15-24)38-29(42)28-16-23(19-41(28)30(27)43)49-33(46)40-18-21-10-9-12-26(36)25(21)20-40;17-12(10-8-14-6-7-15-10)16-11(13(18)19)9-4-2-1-3-5-9/h7,9,12-14,18-19,22,26,28-30,33,35-36H,1-6,8,10-11,15-17,20-21,23-25H2,(H,47,55)(H,48,53)(H,49,54)(H,50,57);7,9-12,22-24,27-28H,4-6,8,13-20H2,1-3H3,(H,37,45)(H,38,42)(H,39,44);6-9,11H,1-5H2,(H,16,17)(H,18,19)/b13-7-;11-7-;/t28-,29-,33+,35?,36+,43-;22-,23-,27+,28?,35-;/m11./s1. The second-order valence-electron chi connectivity index (χ2n) is 37.5. The summed E-state index contributed by atoms with van der Waals surface area (Å²) in [7, 11) is -7.88. The van der Waals surface area contributed by atoms with E-state index in [1.807, 2.05) is 24.3 Å². The first-order valence-corrected chi connectivity index (χ1v) is 49.0. The maximum absolute atomic E-state index is 14.9. The Bertz CT molecular complexity index is 5310. The lowest BCUT2D eigenvalue weighted by Gasteiger charge is -2.33. The van der Waals surface area contributed by atoms with Gasteiger partial charge in [0.05, 0.1) is 49.1 Å². The van der Waals surface area contributed by atoms with Gasteiger partial charge in [-0.05, 0) is 159 Å². The Labute approximate surface area is 763 Å². The molecule has 3 unspecified atom stereocenters. The molecule has 9 N–H and O–H groups in total. The highest BCUT2D eigenvalue weighted by molar-refractivity contribution is 7.91. The van der Waals surface area contributed by atoms with Gasteiger partial charge in [0.1, 0.15) is 88.2 Å². The second kappa shape index (κ2) is 41.6. The molecule has 12 atom stereocenters. The van der Waals surface area contributed by atoms with Crippen LogP contribution in [0.15, 0.2) is 97.9 Å². The quantitative estimate of drug-likeness (QED) is 0.0348. The Morgan fingerprint density at radius 1 is 0.523 bits per heavy atom. The second-order valence-corrected chi connectivity index (χ2v) is 41.4. The number of aliphatic carboxylic acids is 1. The molecule has 132 heavy (non-hydrogen) atoms. The highest BCUT2D eigenvalue weighted by Gasteiger charge is 2.64. The minimum absolute atomic E-state index is 0.00168. The van der Waals surface area contributed by atoms with Crippen molar-refractivity contribution in [1.29, 1.82) is 0 Å². The Morgan fingerprint density at radius 3 is 1.33 bits per heavy atom. The zero-order chi connectivity index (χ0) is 94.0. The number of carbonyl (C=O) groups is 13. The van der Waals surface area contributed by atoms with Crippen molar-refractivity contribution in [1.82, 2.24) is 80.9 Å². The first kappa shape index (κ1) is 96.4. The number of carboxylic acids is 1. The number of hydrogen-bond acceptors (Lipinski definition) is 24. The van der Waals surface area contributed by atoms with Crippen LogP contribution in [-0.2, 0) is 98.8 Å². The number of alkyl carbamates (subject to hydrolysis) is 1. The highest BCUT2D eigenvalue weighted by atomic mass is 32.2. The summed E-state index contributed by atoms with van der Waals surface area (Å²) >= 11 is 0. The lowest BCUT2D eigenvalue weighted by atomic mass is 9.83. The smallest absolute Gasteiger partial charge is 0.410 e. The number of halogens is 2. The summed E-state index contributed by atoms with van der Waals surface area (Å²) in [5.41, 5.74) is -1.78. The van der Waals surface area contributed by atoms with Crippen molar-refractivity contribution < 1.29 is 107 Å². The van der Waals surface area contributed by atoms with Crippen molar-refractivity contribution >= 4 is 97.5 Å². The third kappa shape index (κ3) is 23.9. The number of nitrogens with zero attached hydrogens (tertiary/aromatic N) is 8. The molecule has 6 saturated carbocycles. The average Bonchev–Trinajstić information content (AvgIpc) is 1.57. The Kier molecular flexibility index (Phi) is 30.4. The Morgan fingerprint density at radius 2 is 0.932 bits per heavy atom. The van der Waals surface area contributed by atoms with Gasteiger partial charge >= 0.3 is 24.2 Å². The van der Waals surface area contributed by atoms with E-state index in [1.165, 1.54) is 68.9 Å². The highest BCUT2D eigenvalue weighted by Crippen LogP contribution is 2.48. The van der Waals surface area contributed by atoms with Crippen LogP contribution in [0.1, 0.15) is 244 Å². The molecule has 12 amide bonds. The molecular weight excluding hydrogens is 1760 g/mol. The van der Waals surface area contributed by atoms with E-state index in [0.29, 0.717) is 99.3 Å². The number of rotatable bonds is 18. The van der Waals surface area contributed by atoms with E-state index in [9.17, 15) is 93.1 Å².